The number of ether oxygens (including phenoxy) is 1. The third kappa shape index (κ3) is 6.39. The van der Waals surface area contributed by atoms with Crippen molar-refractivity contribution in [1.82, 2.24) is 20.8 Å². The lowest BCUT2D eigenvalue weighted by Crippen LogP contribution is -2.42. The van der Waals surface area contributed by atoms with Crippen LogP contribution in [0.1, 0.15) is 35.3 Å². The van der Waals surface area contributed by atoms with E-state index < -0.39 is 0 Å². The minimum Gasteiger partial charge on any atom is -0.491 e. The Kier molecular flexibility index (Phi) is 7.49. The van der Waals surface area contributed by atoms with Gasteiger partial charge >= 0.3 is 0 Å². The molecule has 0 unspecified atom stereocenters. The average Bonchev–Trinajstić information content (AvgIpc) is 3.24. The Morgan fingerprint density at radius 1 is 0.971 bits per heavy atom. The minimum absolute atomic E-state index is 0.0543. The monoisotopic (exact) mass is 474 g/mol. The summed E-state index contributed by atoms with van der Waals surface area (Å²) >= 11 is 1.60. The molecule has 0 aliphatic heterocycles. The highest BCUT2D eigenvalue weighted by Crippen LogP contribution is 2.23. The van der Waals surface area contributed by atoms with Crippen LogP contribution in [0.2, 0.25) is 0 Å². The number of rotatable bonds is 8. The van der Waals surface area contributed by atoms with E-state index in [0.717, 1.165) is 33.1 Å². The molecular formula is C26H26N4O3S. The van der Waals surface area contributed by atoms with E-state index in [4.69, 9.17) is 4.74 Å². The summed E-state index contributed by atoms with van der Waals surface area (Å²) < 4.78 is 5.65. The van der Waals surface area contributed by atoms with E-state index in [1.807, 2.05) is 74.5 Å². The molecule has 8 heteroatoms. The second kappa shape index (κ2) is 10.9. The third-order valence-corrected chi connectivity index (χ3v) is 5.85. The number of hydrogen-bond donors (Lipinski definition) is 3. The van der Waals surface area contributed by atoms with E-state index in [1.165, 1.54) is 0 Å². The fraction of sp³-hybridized carbons (Fsp3) is 0.192. The molecule has 7 nitrogen and oxygen atoms in total. The number of carbonyl (C=O) groups is 2. The van der Waals surface area contributed by atoms with Crippen molar-refractivity contribution < 1.29 is 14.3 Å². The zero-order valence-electron chi connectivity index (χ0n) is 19.0. The van der Waals surface area contributed by atoms with Gasteiger partial charge in [-0.3, -0.25) is 20.4 Å². The number of carbonyl (C=O) groups excluding carboxylic acids is 2. The van der Waals surface area contributed by atoms with Gasteiger partial charge in [0.25, 0.3) is 5.91 Å². The van der Waals surface area contributed by atoms with Gasteiger partial charge in [-0.2, -0.15) is 0 Å². The van der Waals surface area contributed by atoms with E-state index in [-0.39, 0.29) is 24.3 Å². The molecule has 34 heavy (non-hydrogen) atoms. The molecule has 3 N–H and O–H groups in total. The number of thioether (sulfide) groups is 1. The molecule has 1 heterocycles. The van der Waals surface area contributed by atoms with Crippen molar-refractivity contribution in [2.75, 3.05) is 0 Å². The van der Waals surface area contributed by atoms with Crippen LogP contribution in [0.15, 0.2) is 78.0 Å². The van der Waals surface area contributed by atoms with Crippen LogP contribution in [0, 0.1) is 0 Å². The Morgan fingerprint density at radius 2 is 1.76 bits per heavy atom. The predicted molar refractivity (Wildman–Crippen MR) is 134 cm³/mol. The second-order valence-corrected chi connectivity index (χ2v) is 9.00. The van der Waals surface area contributed by atoms with Gasteiger partial charge in [-0.25, -0.2) is 4.98 Å². The summed E-state index contributed by atoms with van der Waals surface area (Å²) in [5.41, 5.74) is 9.22. The number of nitrogens with one attached hydrogen (secondary N) is 3. The molecular weight excluding hydrogens is 448 g/mol. The lowest BCUT2D eigenvalue weighted by atomic mass is 10.1. The van der Waals surface area contributed by atoms with Crippen LogP contribution < -0.4 is 15.6 Å². The largest absolute Gasteiger partial charge is 0.491 e. The lowest BCUT2D eigenvalue weighted by molar-refractivity contribution is -0.121. The fourth-order valence-electron chi connectivity index (χ4n) is 3.33. The number of nitrogens with zero attached hydrogens (tertiary/aromatic N) is 1. The van der Waals surface area contributed by atoms with E-state index in [2.05, 4.69) is 20.8 Å². The maximum absolute atomic E-state index is 12.4. The number of benzene rings is 3. The first-order valence-electron chi connectivity index (χ1n) is 11.0. The van der Waals surface area contributed by atoms with Gasteiger partial charge in [0, 0.05) is 11.3 Å². The number of hydrogen-bond acceptors (Lipinski definition) is 5. The topological polar surface area (TPSA) is 96.1 Å². The van der Waals surface area contributed by atoms with Crippen molar-refractivity contribution in [3.8, 4) is 5.75 Å². The van der Waals surface area contributed by atoms with Crippen LogP contribution in [-0.2, 0) is 17.0 Å². The molecule has 0 spiro atoms. The summed E-state index contributed by atoms with van der Waals surface area (Å²) in [4.78, 5) is 32.5. The van der Waals surface area contributed by atoms with Crippen LogP contribution in [-0.4, -0.2) is 27.9 Å². The van der Waals surface area contributed by atoms with Crippen LogP contribution >= 0.6 is 11.8 Å². The molecule has 0 fully saturated rings. The van der Waals surface area contributed by atoms with Gasteiger partial charge in [0.1, 0.15) is 5.75 Å². The van der Waals surface area contributed by atoms with Gasteiger partial charge < -0.3 is 9.72 Å². The Bertz CT molecular complexity index is 1250. The zero-order chi connectivity index (χ0) is 23.9. The SMILES string of the molecule is CC(C)Oc1cccc(CC(=O)NNC(=O)c2ccc(CSc3nc4ccccc4[nH]3)cc2)c1. The standard InChI is InChI=1S/C26H26N4O3S/c1-17(2)33-21-7-5-6-19(14-21)15-24(31)29-30-25(32)20-12-10-18(11-13-20)16-34-26-27-22-8-3-4-9-23(22)28-26/h3-14,17H,15-16H2,1-2H3,(H,27,28)(H,29,31)(H,30,32). The third-order valence-electron chi connectivity index (χ3n) is 4.91. The summed E-state index contributed by atoms with van der Waals surface area (Å²) in [5, 5.41) is 0.854. The van der Waals surface area contributed by atoms with Gasteiger partial charge in [0.2, 0.25) is 5.91 Å². The van der Waals surface area contributed by atoms with Crippen LogP contribution in [0.3, 0.4) is 0 Å². The summed E-state index contributed by atoms with van der Waals surface area (Å²) in [6.07, 6.45) is 0.187. The van der Waals surface area contributed by atoms with Crippen LogP contribution in [0.25, 0.3) is 11.0 Å². The number of aromatic amines is 1. The van der Waals surface area contributed by atoms with E-state index in [0.29, 0.717) is 11.3 Å². The number of H-pyrrole nitrogens is 1. The summed E-state index contributed by atoms with van der Waals surface area (Å²) in [7, 11) is 0. The summed E-state index contributed by atoms with van der Waals surface area (Å²) in [6, 6.07) is 22.5. The maximum atomic E-state index is 12.4. The van der Waals surface area contributed by atoms with Crippen molar-refractivity contribution in [2.45, 2.75) is 37.3 Å². The number of imidazole rings is 1. The highest BCUT2D eigenvalue weighted by molar-refractivity contribution is 7.98. The highest BCUT2D eigenvalue weighted by Gasteiger charge is 2.10. The van der Waals surface area contributed by atoms with Gasteiger partial charge in [0.15, 0.2) is 5.16 Å². The first kappa shape index (κ1) is 23.4. The number of hydrazine groups is 1. The molecule has 0 saturated carbocycles. The van der Waals surface area contributed by atoms with Crippen LogP contribution in [0.4, 0.5) is 0 Å². The average molecular weight is 475 g/mol. The van der Waals surface area contributed by atoms with E-state index >= 15 is 0 Å². The van der Waals surface area contributed by atoms with Gasteiger partial charge in [-0.05, 0) is 61.4 Å². The molecule has 0 radical (unpaired) electrons. The molecule has 0 atom stereocenters. The molecule has 0 aliphatic rings. The molecule has 2 amide bonds. The first-order chi connectivity index (χ1) is 16.5. The predicted octanol–water partition coefficient (Wildman–Crippen LogP) is 4.65. The number of fused-ring (bicyclic) bond motifs is 1. The summed E-state index contributed by atoms with van der Waals surface area (Å²) in [6.45, 7) is 3.89. The Hall–Kier alpha value is -3.78. The first-order valence-corrected chi connectivity index (χ1v) is 12.0. The van der Waals surface area contributed by atoms with Crippen molar-refractivity contribution in [2.24, 2.45) is 0 Å². The molecule has 0 bridgehead atoms. The number of para-hydroxylation sites is 2. The number of amides is 2. The fourth-order valence-corrected chi connectivity index (χ4v) is 4.17. The summed E-state index contributed by atoms with van der Waals surface area (Å²) in [5.74, 6) is 0.747. The minimum atomic E-state index is -0.373. The second-order valence-electron chi connectivity index (χ2n) is 8.04. The van der Waals surface area contributed by atoms with Crippen molar-refractivity contribution in [1.29, 1.82) is 0 Å². The maximum Gasteiger partial charge on any atom is 0.269 e. The molecule has 0 aliphatic carbocycles. The normalized spacial score (nSPS) is 10.9. The number of aromatic nitrogens is 2. The zero-order valence-corrected chi connectivity index (χ0v) is 19.8. The Morgan fingerprint density at radius 3 is 2.53 bits per heavy atom. The molecule has 1 aromatic heterocycles. The smallest absolute Gasteiger partial charge is 0.269 e. The van der Waals surface area contributed by atoms with E-state index in [9.17, 15) is 9.59 Å². The van der Waals surface area contributed by atoms with Crippen molar-refractivity contribution >= 4 is 34.6 Å². The molecule has 3 aromatic carbocycles. The molecule has 0 saturated heterocycles. The van der Waals surface area contributed by atoms with Crippen molar-refractivity contribution in [3.05, 3.63) is 89.5 Å². The van der Waals surface area contributed by atoms with E-state index in [1.54, 1.807) is 23.9 Å². The lowest BCUT2D eigenvalue weighted by Gasteiger charge is -2.11. The quantitative estimate of drug-likeness (QED) is 0.255. The Balaban J connectivity index is 1.25. The molecule has 4 aromatic rings. The van der Waals surface area contributed by atoms with Gasteiger partial charge in [0.05, 0.1) is 23.6 Å². The molecule has 4 rings (SSSR count). The van der Waals surface area contributed by atoms with Gasteiger partial charge in [-0.1, -0.05) is 48.2 Å². The molecule has 174 valence electrons. The van der Waals surface area contributed by atoms with Crippen LogP contribution in [0.5, 0.6) is 5.75 Å². The van der Waals surface area contributed by atoms with Crippen molar-refractivity contribution in [3.63, 3.8) is 0 Å². The Labute approximate surface area is 202 Å². The highest BCUT2D eigenvalue weighted by atomic mass is 32.2. The van der Waals surface area contributed by atoms with Gasteiger partial charge in [-0.15, -0.1) is 0 Å².